The third-order valence-corrected chi connectivity index (χ3v) is 3.28. The van der Waals surface area contributed by atoms with Crippen LogP contribution in [-0.4, -0.2) is 20.8 Å². The molecular weight excluding hydrogens is 326 g/mol. The van der Waals surface area contributed by atoms with Gasteiger partial charge in [-0.3, -0.25) is 0 Å². The highest BCUT2D eigenvalue weighted by atomic mass is 35.5. The van der Waals surface area contributed by atoms with Gasteiger partial charge >= 0.3 is 0 Å². The van der Waals surface area contributed by atoms with Gasteiger partial charge in [0, 0.05) is 12.1 Å². The van der Waals surface area contributed by atoms with E-state index in [0.29, 0.717) is 6.61 Å². The summed E-state index contributed by atoms with van der Waals surface area (Å²) in [6.45, 7) is 4.11. The molecule has 2 aromatic carbocycles. The predicted octanol–water partition coefficient (Wildman–Crippen LogP) is 0.316. The van der Waals surface area contributed by atoms with E-state index in [1.807, 2.05) is 48.6 Å². The first-order valence-electron chi connectivity index (χ1n) is 7.27. The van der Waals surface area contributed by atoms with Crippen LogP contribution in [0.5, 0.6) is 17.2 Å². The number of hydrogen-bond donors (Lipinski definition) is 1. The maximum absolute atomic E-state index is 5.58. The second kappa shape index (κ2) is 9.65. The minimum atomic E-state index is 0. The number of ether oxygens (including phenoxy) is 3. The molecule has 0 amide bonds. The third kappa shape index (κ3) is 5.33. The van der Waals surface area contributed by atoms with Gasteiger partial charge in [0.15, 0.2) is 11.4 Å². The molecule has 0 spiro atoms. The van der Waals surface area contributed by atoms with Crippen molar-refractivity contribution in [3.05, 3.63) is 60.2 Å². The quantitative estimate of drug-likeness (QED) is 0.579. The lowest BCUT2D eigenvalue weighted by molar-refractivity contribution is -0.256. The summed E-state index contributed by atoms with van der Waals surface area (Å²) in [5.41, 5.74) is 6.87. The topological polar surface area (TPSA) is 55.3 Å². The van der Waals surface area contributed by atoms with Crippen LogP contribution in [0, 0.1) is 0 Å². The zero-order valence-electron chi connectivity index (χ0n) is 13.9. The van der Waals surface area contributed by atoms with Crippen molar-refractivity contribution in [3.8, 4) is 17.2 Å². The van der Waals surface area contributed by atoms with Gasteiger partial charge in [0.1, 0.15) is 18.1 Å². The van der Waals surface area contributed by atoms with Crippen molar-refractivity contribution in [1.29, 1.82) is 0 Å². The Balaban J connectivity index is 0.00000288. The van der Waals surface area contributed by atoms with Crippen LogP contribution in [0.25, 0.3) is 12.2 Å². The van der Waals surface area contributed by atoms with Crippen molar-refractivity contribution in [1.82, 2.24) is 0 Å². The summed E-state index contributed by atoms with van der Waals surface area (Å²) in [6.07, 6.45) is 5.73. The molecule has 0 saturated carbocycles. The van der Waals surface area contributed by atoms with Gasteiger partial charge in [0.25, 0.3) is 0 Å². The highest BCUT2D eigenvalue weighted by molar-refractivity contribution is 5.72. The van der Waals surface area contributed by atoms with Gasteiger partial charge in [0.2, 0.25) is 0 Å². The molecule has 2 rings (SSSR count). The third-order valence-electron chi connectivity index (χ3n) is 3.28. The van der Waals surface area contributed by atoms with Crippen molar-refractivity contribution in [3.63, 3.8) is 0 Å². The number of quaternary nitrogens is 1. The van der Waals surface area contributed by atoms with E-state index < -0.39 is 0 Å². The molecule has 0 saturated heterocycles. The molecular formula is C19H22ClNO3. The Hall–Kier alpha value is -2.43. The summed E-state index contributed by atoms with van der Waals surface area (Å²) in [5.74, 6) is 2.28. The largest absolute Gasteiger partial charge is 1.00 e. The van der Waals surface area contributed by atoms with E-state index >= 15 is 0 Å². The Labute approximate surface area is 148 Å². The zero-order chi connectivity index (χ0) is 16.7. The summed E-state index contributed by atoms with van der Waals surface area (Å²) < 4.78 is 16.1. The molecule has 24 heavy (non-hydrogen) atoms. The molecule has 0 bridgehead atoms. The molecule has 0 atom stereocenters. The Morgan fingerprint density at radius 3 is 2.29 bits per heavy atom. The summed E-state index contributed by atoms with van der Waals surface area (Å²) in [6, 6.07) is 11.6. The Morgan fingerprint density at radius 1 is 0.958 bits per heavy atom. The number of rotatable bonds is 7. The average molecular weight is 348 g/mol. The maximum Gasteiger partial charge on any atom is 0.179 e. The fraction of sp³-hybridized carbons (Fsp3) is 0.158. The van der Waals surface area contributed by atoms with E-state index in [0.717, 1.165) is 34.1 Å². The molecule has 5 heteroatoms. The number of benzene rings is 2. The number of halogens is 1. The SMILES string of the molecule is C=CCOc1cc(/C=C\c2ccc(OC)c([NH3+])c2)cc(OC)c1.[Cl-]. The fourth-order valence-electron chi connectivity index (χ4n) is 2.14. The molecule has 0 fully saturated rings. The van der Waals surface area contributed by atoms with Crippen LogP contribution in [0.3, 0.4) is 0 Å². The van der Waals surface area contributed by atoms with Crippen LogP contribution >= 0.6 is 0 Å². The molecule has 0 unspecified atom stereocenters. The molecule has 128 valence electrons. The van der Waals surface area contributed by atoms with Crippen LogP contribution in [0.2, 0.25) is 0 Å². The minimum absolute atomic E-state index is 0. The molecule has 0 heterocycles. The van der Waals surface area contributed by atoms with Crippen LogP contribution in [0.15, 0.2) is 49.1 Å². The van der Waals surface area contributed by atoms with Crippen LogP contribution < -0.4 is 32.4 Å². The van der Waals surface area contributed by atoms with Crippen molar-refractivity contribution in [2.24, 2.45) is 0 Å². The van der Waals surface area contributed by atoms with Gasteiger partial charge in [-0.05, 0) is 29.3 Å². The first-order valence-corrected chi connectivity index (χ1v) is 7.27. The van der Waals surface area contributed by atoms with E-state index in [1.54, 1.807) is 20.3 Å². The number of methoxy groups -OCH3 is 2. The van der Waals surface area contributed by atoms with Gasteiger partial charge in [-0.25, -0.2) is 0 Å². The van der Waals surface area contributed by atoms with Crippen molar-refractivity contribution in [2.75, 3.05) is 20.8 Å². The van der Waals surface area contributed by atoms with Crippen molar-refractivity contribution in [2.45, 2.75) is 0 Å². The molecule has 0 aliphatic heterocycles. The van der Waals surface area contributed by atoms with Crippen LogP contribution in [-0.2, 0) is 0 Å². The molecule has 0 aromatic heterocycles. The molecule has 0 radical (unpaired) electrons. The monoisotopic (exact) mass is 347 g/mol. The molecule has 2 aromatic rings. The molecule has 0 aliphatic rings. The van der Waals surface area contributed by atoms with E-state index in [1.165, 1.54) is 0 Å². The first kappa shape index (κ1) is 19.6. The molecule has 3 N–H and O–H groups in total. The van der Waals surface area contributed by atoms with E-state index in [2.05, 4.69) is 12.3 Å². The summed E-state index contributed by atoms with van der Waals surface area (Å²) in [4.78, 5) is 0. The molecule has 0 aliphatic carbocycles. The van der Waals surface area contributed by atoms with Crippen LogP contribution in [0.1, 0.15) is 11.1 Å². The molecule has 4 nitrogen and oxygen atoms in total. The lowest BCUT2D eigenvalue weighted by Crippen LogP contribution is -3.00. The van der Waals surface area contributed by atoms with Gasteiger partial charge in [-0.15, -0.1) is 0 Å². The highest BCUT2D eigenvalue weighted by Crippen LogP contribution is 2.25. The second-order valence-electron chi connectivity index (χ2n) is 4.95. The maximum atomic E-state index is 5.58. The van der Waals surface area contributed by atoms with Gasteiger partial charge in [-0.2, -0.15) is 0 Å². The van der Waals surface area contributed by atoms with Gasteiger partial charge in [-0.1, -0.05) is 30.9 Å². The second-order valence-corrected chi connectivity index (χ2v) is 4.95. The highest BCUT2D eigenvalue weighted by Gasteiger charge is 2.03. The van der Waals surface area contributed by atoms with E-state index in [4.69, 9.17) is 14.2 Å². The minimum Gasteiger partial charge on any atom is -1.00 e. The summed E-state index contributed by atoms with van der Waals surface area (Å²) >= 11 is 0. The lowest BCUT2D eigenvalue weighted by Gasteiger charge is -2.08. The Kier molecular flexibility index (Phi) is 7.89. The van der Waals surface area contributed by atoms with Gasteiger partial charge < -0.3 is 32.4 Å². The van der Waals surface area contributed by atoms with E-state index in [-0.39, 0.29) is 12.4 Å². The van der Waals surface area contributed by atoms with Crippen LogP contribution in [0.4, 0.5) is 5.69 Å². The summed E-state index contributed by atoms with van der Waals surface area (Å²) in [7, 11) is 3.28. The fourth-order valence-corrected chi connectivity index (χ4v) is 2.14. The Bertz CT molecular complexity index is 714. The smallest absolute Gasteiger partial charge is 0.179 e. The van der Waals surface area contributed by atoms with Crippen molar-refractivity contribution < 1.29 is 32.4 Å². The lowest BCUT2D eigenvalue weighted by atomic mass is 10.1. The Morgan fingerprint density at radius 2 is 1.67 bits per heavy atom. The zero-order valence-corrected chi connectivity index (χ0v) is 14.7. The summed E-state index contributed by atoms with van der Waals surface area (Å²) in [5, 5.41) is 0. The number of hydrogen-bond acceptors (Lipinski definition) is 3. The van der Waals surface area contributed by atoms with E-state index in [9.17, 15) is 0 Å². The average Bonchev–Trinajstić information content (AvgIpc) is 2.58. The predicted molar refractivity (Wildman–Crippen MR) is 93.2 cm³/mol. The first-order chi connectivity index (χ1) is 11.2. The van der Waals surface area contributed by atoms with Gasteiger partial charge in [0.05, 0.1) is 14.2 Å². The van der Waals surface area contributed by atoms with Crippen molar-refractivity contribution >= 4 is 17.8 Å². The normalized spacial score (nSPS) is 10.1. The standard InChI is InChI=1S/C19H21NO3.ClH/c1-4-9-23-17-11-15(10-16(13-17)21-2)6-5-14-7-8-19(22-3)18(20)12-14;/h4-8,10-13H,1,9,20H2,2-3H3;1H/b6-5-;.